The number of piperazine rings is 1. The maximum Gasteiger partial charge on any atom is 0.231 e. The monoisotopic (exact) mass is 262 g/mol. The van der Waals surface area contributed by atoms with Crippen LogP contribution in [0.2, 0.25) is 0 Å². The Kier molecular flexibility index (Phi) is 3.51. The molecule has 1 aromatic rings. The third-order valence-electron chi connectivity index (χ3n) is 3.73. The molecule has 0 bridgehead atoms. The quantitative estimate of drug-likeness (QED) is 0.906. The number of nitrogens with zero attached hydrogens (tertiary/aromatic N) is 1. The molecule has 1 saturated heterocycles. The van der Waals surface area contributed by atoms with Crippen LogP contribution in [-0.2, 0) is 0 Å². The molecule has 1 aromatic carbocycles. The molecule has 0 radical (unpaired) electrons. The zero-order chi connectivity index (χ0) is 13.2. The van der Waals surface area contributed by atoms with Gasteiger partial charge in [-0.2, -0.15) is 0 Å². The maximum absolute atomic E-state index is 5.46. The number of benzene rings is 1. The van der Waals surface area contributed by atoms with Gasteiger partial charge >= 0.3 is 0 Å². The van der Waals surface area contributed by atoms with E-state index >= 15 is 0 Å². The molecule has 1 fully saturated rings. The van der Waals surface area contributed by atoms with E-state index in [9.17, 15) is 0 Å². The van der Waals surface area contributed by atoms with Gasteiger partial charge in [0, 0.05) is 37.4 Å². The van der Waals surface area contributed by atoms with Crippen LogP contribution in [-0.4, -0.2) is 32.5 Å². The largest absolute Gasteiger partial charge is 0.454 e. The Labute approximate surface area is 114 Å². The molecule has 0 saturated carbocycles. The van der Waals surface area contributed by atoms with E-state index in [0.29, 0.717) is 12.8 Å². The van der Waals surface area contributed by atoms with Crippen molar-refractivity contribution in [2.24, 2.45) is 5.92 Å². The molecule has 3 rings (SSSR count). The molecule has 2 aliphatic heterocycles. The van der Waals surface area contributed by atoms with E-state index in [1.807, 2.05) is 6.07 Å². The number of anilines is 1. The van der Waals surface area contributed by atoms with Gasteiger partial charge in [-0.15, -0.1) is 0 Å². The second-order valence-corrected chi connectivity index (χ2v) is 5.76. The second kappa shape index (κ2) is 5.29. The van der Waals surface area contributed by atoms with Crippen molar-refractivity contribution in [3.63, 3.8) is 0 Å². The van der Waals surface area contributed by atoms with E-state index in [2.05, 4.69) is 36.2 Å². The van der Waals surface area contributed by atoms with E-state index in [0.717, 1.165) is 37.1 Å². The summed E-state index contributed by atoms with van der Waals surface area (Å²) < 4.78 is 10.8. The molecule has 2 heterocycles. The highest BCUT2D eigenvalue weighted by molar-refractivity contribution is 5.57. The lowest BCUT2D eigenvalue weighted by atomic mass is 10.0. The van der Waals surface area contributed by atoms with Gasteiger partial charge in [-0.05, 0) is 24.5 Å². The lowest BCUT2D eigenvalue weighted by molar-refractivity contribution is 0.174. The smallest absolute Gasteiger partial charge is 0.231 e. The summed E-state index contributed by atoms with van der Waals surface area (Å²) in [6.45, 7) is 8.07. The van der Waals surface area contributed by atoms with Crippen molar-refractivity contribution in [1.82, 2.24) is 5.32 Å². The average Bonchev–Trinajstić information content (AvgIpc) is 2.85. The molecule has 4 nitrogen and oxygen atoms in total. The molecule has 1 atom stereocenters. The number of hydrogen-bond acceptors (Lipinski definition) is 4. The van der Waals surface area contributed by atoms with Crippen molar-refractivity contribution in [3.8, 4) is 11.5 Å². The van der Waals surface area contributed by atoms with Gasteiger partial charge in [0.25, 0.3) is 0 Å². The topological polar surface area (TPSA) is 33.7 Å². The van der Waals surface area contributed by atoms with Crippen LogP contribution in [0.1, 0.15) is 20.3 Å². The Morgan fingerprint density at radius 3 is 3.00 bits per heavy atom. The van der Waals surface area contributed by atoms with Crippen LogP contribution in [0, 0.1) is 5.92 Å². The summed E-state index contributed by atoms with van der Waals surface area (Å²) in [4.78, 5) is 2.44. The Morgan fingerprint density at radius 1 is 1.32 bits per heavy atom. The van der Waals surface area contributed by atoms with Crippen LogP contribution in [0.4, 0.5) is 5.69 Å². The first-order valence-electron chi connectivity index (χ1n) is 7.10. The van der Waals surface area contributed by atoms with Crippen LogP contribution >= 0.6 is 0 Å². The third-order valence-corrected chi connectivity index (χ3v) is 3.73. The lowest BCUT2D eigenvalue weighted by Gasteiger charge is -2.36. The van der Waals surface area contributed by atoms with Gasteiger partial charge < -0.3 is 19.7 Å². The fraction of sp³-hybridized carbons (Fsp3) is 0.600. The fourth-order valence-electron chi connectivity index (χ4n) is 2.87. The van der Waals surface area contributed by atoms with Crippen LogP contribution in [0.3, 0.4) is 0 Å². The van der Waals surface area contributed by atoms with Gasteiger partial charge in [0.1, 0.15) is 0 Å². The minimum atomic E-state index is 0.344. The molecule has 0 aromatic heterocycles. The molecule has 104 valence electrons. The Morgan fingerprint density at radius 2 is 2.16 bits per heavy atom. The Balaban J connectivity index is 1.71. The first-order valence-corrected chi connectivity index (χ1v) is 7.10. The second-order valence-electron chi connectivity index (χ2n) is 5.76. The summed E-state index contributed by atoms with van der Waals surface area (Å²) >= 11 is 0. The van der Waals surface area contributed by atoms with Crippen molar-refractivity contribution in [1.29, 1.82) is 0 Å². The van der Waals surface area contributed by atoms with E-state index in [-0.39, 0.29) is 0 Å². The molecule has 1 N–H and O–H groups in total. The Hall–Kier alpha value is -1.42. The van der Waals surface area contributed by atoms with Gasteiger partial charge in [0.2, 0.25) is 6.79 Å². The zero-order valence-electron chi connectivity index (χ0n) is 11.7. The molecule has 0 spiro atoms. The number of ether oxygens (including phenoxy) is 2. The summed E-state index contributed by atoms with van der Waals surface area (Å²) in [5.41, 5.74) is 1.24. The van der Waals surface area contributed by atoms with Gasteiger partial charge in [-0.1, -0.05) is 13.8 Å². The average molecular weight is 262 g/mol. The van der Waals surface area contributed by atoms with Gasteiger partial charge in [-0.25, -0.2) is 0 Å². The normalized spacial score (nSPS) is 22.1. The van der Waals surface area contributed by atoms with Crippen LogP contribution in [0.15, 0.2) is 18.2 Å². The van der Waals surface area contributed by atoms with Crippen molar-refractivity contribution >= 4 is 5.69 Å². The van der Waals surface area contributed by atoms with E-state index in [1.54, 1.807) is 0 Å². The number of nitrogens with one attached hydrogen (secondary N) is 1. The molecule has 0 aliphatic carbocycles. The number of fused-ring (bicyclic) bond motifs is 1. The maximum atomic E-state index is 5.46. The summed E-state index contributed by atoms with van der Waals surface area (Å²) in [6, 6.07) is 6.82. The highest BCUT2D eigenvalue weighted by Gasteiger charge is 2.22. The molecular weight excluding hydrogens is 240 g/mol. The number of hydrogen-bond donors (Lipinski definition) is 1. The highest BCUT2D eigenvalue weighted by Crippen LogP contribution is 2.35. The van der Waals surface area contributed by atoms with E-state index < -0.39 is 0 Å². The summed E-state index contributed by atoms with van der Waals surface area (Å²) in [5.74, 6) is 2.46. The lowest BCUT2D eigenvalue weighted by Crippen LogP contribution is -2.51. The SMILES string of the molecule is CC(C)CC1CN(c2ccc3c(c2)OCO3)CCN1. The minimum absolute atomic E-state index is 0.344. The first kappa shape index (κ1) is 12.6. The van der Waals surface area contributed by atoms with Crippen molar-refractivity contribution < 1.29 is 9.47 Å². The van der Waals surface area contributed by atoms with E-state index in [4.69, 9.17) is 9.47 Å². The molecular formula is C15H22N2O2. The van der Waals surface area contributed by atoms with Crippen molar-refractivity contribution in [2.45, 2.75) is 26.3 Å². The van der Waals surface area contributed by atoms with Crippen molar-refractivity contribution in [3.05, 3.63) is 18.2 Å². The molecule has 4 heteroatoms. The fourth-order valence-corrected chi connectivity index (χ4v) is 2.87. The number of rotatable bonds is 3. The van der Waals surface area contributed by atoms with Crippen LogP contribution in [0.5, 0.6) is 11.5 Å². The predicted molar refractivity (Wildman–Crippen MR) is 76.0 cm³/mol. The first-order chi connectivity index (χ1) is 9.22. The minimum Gasteiger partial charge on any atom is -0.454 e. The molecule has 19 heavy (non-hydrogen) atoms. The highest BCUT2D eigenvalue weighted by atomic mass is 16.7. The van der Waals surface area contributed by atoms with Crippen LogP contribution in [0.25, 0.3) is 0 Å². The van der Waals surface area contributed by atoms with Gasteiger partial charge in [0.15, 0.2) is 11.5 Å². The summed E-state index contributed by atoms with van der Waals surface area (Å²) in [6.07, 6.45) is 1.22. The van der Waals surface area contributed by atoms with E-state index in [1.165, 1.54) is 12.1 Å². The van der Waals surface area contributed by atoms with Crippen LogP contribution < -0.4 is 19.7 Å². The summed E-state index contributed by atoms with van der Waals surface area (Å²) in [5, 5.41) is 3.60. The van der Waals surface area contributed by atoms with Crippen molar-refractivity contribution in [2.75, 3.05) is 31.3 Å². The molecule has 1 unspecified atom stereocenters. The standard InChI is InChI=1S/C15H22N2O2/c1-11(2)7-12-9-17(6-5-16-12)13-3-4-14-15(8-13)19-10-18-14/h3-4,8,11-12,16H,5-7,9-10H2,1-2H3. The van der Waals surface area contributed by atoms with Gasteiger partial charge in [-0.3, -0.25) is 0 Å². The third kappa shape index (κ3) is 2.78. The van der Waals surface area contributed by atoms with Gasteiger partial charge in [0.05, 0.1) is 0 Å². The Bertz CT molecular complexity index is 448. The predicted octanol–water partition coefficient (Wildman–Crippen LogP) is 2.24. The molecule has 0 amide bonds. The molecule has 2 aliphatic rings. The summed E-state index contributed by atoms with van der Waals surface area (Å²) in [7, 11) is 0. The zero-order valence-corrected chi connectivity index (χ0v) is 11.7.